The number of rotatable bonds is 8. The number of nitrogen functional groups attached to an aromatic ring is 2. The fourth-order valence-corrected chi connectivity index (χ4v) is 4.54. The van der Waals surface area contributed by atoms with E-state index in [1.54, 1.807) is 36.4 Å². The molecule has 0 atom stereocenters. The number of hydrogen-bond donors (Lipinski definition) is 6. The van der Waals surface area contributed by atoms with Crippen LogP contribution in [0.2, 0.25) is 10.0 Å². The lowest BCUT2D eigenvalue weighted by Gasteiger charge is -2.15. The maximum Gasteiger partial charge on any atom is 0.394 e. The number of halogens is 3. The van der Waals surface area contributed by atoms with Gasteiger partial charge in [-0.25, -0.2) is 9.78 Å². The zero-order valence-corrected chi connectivity index (χ0v) is 26.2. The van der Waals surface area contributed by atoms with Crippen LogP contribution >= 0.6 is 23.2 Å². The van der Waals surface area contributed by atoms with E-state index in [1.165, 1.54) is 12.1 Å². The first-order chi connectivity index (χ1) is 20.9. The fraction of sp³-hybridized carbons (Fsp3) is 0.115. The number of urea groups is 1. The van der Waals surface area contributed by atoms with E-state index in [4.69, 9.17) is 56.9 Å². The van der Waals surface area contributed by atoms with Crippen LogP contribution in [0.5, 0.6) is 5.75 Å². The summed E-state index contributed by atoms with van der Waals surface area (Å²) in [7, 11) is -9.48. The molecular weight excluding hydrogens is 678 g/mol. The molecule has 1 heterocycles. The number of ether oxygens (including phenoxy) is 1. The topological polar surface area (TPSA) is 237 Å². The minimum atomic E-state index is -4.81. The lowest BCUT2D eigenvalue weighted by molar-refractivity contribution is 0.251. The molecule has 8 N–H and O–H groups in total. The third-order valence-corrected chi connectivity index (χ3v) is 7.33. The van der Waals surface area contributed by atoms with Gasteiger partial charge in [0.15, 0.2) is 0 Å². The highest BCUT2D eigenvalue weighted by molar-refractivity contribution is 7.86. The molecule has 14 nitrogen and oxygen atoms in total. The van der Waals surface area contributed by atoms with Crippen LogP contribution in [0.4, 0.5) is 26.1 Å². The van der Waals surface area contributed by atoms with Gasteiger partial charge in [-0.1, -0.05) is 35.3 Å². The second-order valence-corrected chi connectivity index (χ2v) is 12.1. The summed E-state index contributed by atoms with van der Waals surface area (Å²) in [5, 5.41) is 6.01. The Morgan fingerprint density at radius 1 is 0.956 bits per heavy atom. The number of amides is 2. The molecule has 0 fully saturated rings. The average molecular weight is 704 g/mol. The van der Waals surface area contributed by atoms with Gasteiger partial charge in [-0.05, 0) is 72.1 Å². The van der Waals surface area contributed by atoms with Crippen molar-refractivity contribution in [2.45, 2.75) is 25.0 Å². The Balaban J connectivity index is 0.00000102. The molecule has 2 amide bonds. The quantitative estimate of drug-likeness (QED) is 0.107. The standard InChI is InChI=1S/C26H23Cl2FN6O4S.H2O4S/c1-14-10-18(6-2-16(14)12-32-26(36)33-17-4-7-19(8-5-17)40(29,37)38)39-13-22-23(24(30)35-25(31)34-22)15-3-9-20(27)21(28)11-15;1-5(2,3)4/h2-11H,12-13H2,1H3,(H2,32,33,36)(H4,30,31,34,35);(H2,1,2,3,4). The smallest absolute Gasteiger partial charge is 0.394 e. The molecule has 240 valence electrons. The summed E-state index contributed by atoms with van der Waals surface area (Å²) in [5.74, 6) is 0.715. The van der Waals surface area contributed by atoms with Gasteiger partial charge in [-0.2, -0.15) is 21.8 Å². The van der Waals surface area contributed by atoms with Gasteiger partial charge in [0.2, 0.25) is 5.95 Å². The first-order valence-electron chi connectivity index (χ1n) is 12.3. The fourth-order valence-electron chi connectivity index (χ4n) is 3.78. The zero-order chi connectivity index (χ0) is 33.5. The third-order valence-electron chi connectivity index (χ3n) is 5.76. The van der Waals surface area contributed by atoms with Crippen molar-refractivity contribution in [3.63, 3.8) is 0 Å². The van der Waals surface area contributed by atoms with Gasteiger partial charge < -0.3 is 26.8 Å². The summed E-state index contributed by atoms with van der Waals surface area (Å²) >= 11 is 12.2. The molecule has 0 bridgehead atoms. The van der Waals surface area contributed by atoms with Gasteiger partial charge in [-0.3, -0.25) is 9.11 Å². The van der Waals surface area contributed by atoms with Gasteiger partial charge in [0, 0.05) is 17.8 Å². The number of aromatic nitrogens is 2. The summed E-state index contributed by atoms with van der Waals surface area (Å²) in [6, 6.07) is 14.6. The average Bonchev–Trinajstić information content (AvgIpc) is 2.91. The van der Waals surface area contributed by atoms with E-state index < -0.39 is 31.5 Å². The van der Waals surface area contributed by atoms with Gasteiger partial charge in [-0.15, -0.1) is 3.89 Å². The molecule has 19 heteroatoms. The minimum Gasteiger partial charge on any atom is -0.487 e. The summed E-state index contributed by atoms with van der Waals surface area (Å²) in [5.41, 5.74) is 15.6. The molecule has 45 heavy (non-hydrogen) atoms. The van der Waals surface area contributed by atoms with E-state index in [1.807, 2.05) is 6.92 Å². The zero-order valence-electron chi connectivity index (χ0n) is 23.0. The van der Waals surface area contributed by atoms with Crippen molar-refractivity contribution < 1.29 is 39.4 Å². The van der Waals surface area contributed by atoms with Gasteiger partial charge in [0.05, 0.1) is 20.6 Å². The van der Waals surface area contributed by atoms with Crippen LogP contribution in [0.15, 0.2) is 65.6 Å². The molecule has 0 radical (unpaired) electrons. The lowest BCUT2D eigenvalue weighted by Crippen LogP contribution is -2.28. The summed E-state index contributed by atoms with van der Waals surface area (Å²) in [4.78, 5) is 20.1. The Bertz CT molecular complexity index is 1920. The number of anilines is 3. The minimum absolute atomic E-state index is 0.000760. The molecule has 0 unspecified atom stereocenters. The van der Waals surface area contributed by atoms with Gasteiger partial charge in [0.1, 0.15) is 18.2 Å². The van der Waals surface area contributed by atoms with Crippen LogP contribution in [0.1, 0.15) is 16.8 Å². The van der Waals surface area contributed by atoms with E-state index in [0.29, 0.717) is 38.3 Å². The number of nitrogens with one attached hydrogen (secondary N) is 2. The highest BCUT2D eigenvalue weighted by Gasteiger charge is 2.16. The summed E-state index contributed by atoms with van der Waals surface area (Å²) in [6.07, 6.45) is 0. The van der Waals surface area contributed by atoms with Gasteiger partial charge >= 0.3 is 26.7 Å². The Hall–Kier alpha value is -4.26. The van der Waals surface area contributed by atoms with Crippen LogP contribution in [0.3, 0.4) is 0 Å². The number of carbonyl (C=O) groups is 1. The highest BCUT2D eigenvalue weighted by atomic mass is 35.5. The molecule has 4 rings (SSSR count). The van der Waals surface area contributed by atoms with Crippen molar-refractivity contribution in [1.82, 2.24) is 15.3 Å². The summed E-state index contributed by atoms with van der Waals surface area (Å²) in [6.45, 7) is 2.10. The Morgan fingerprint density at radius 2 is 1.60 bits per heavy atom. The maximum absolute atomic E-state index is 13.0. The molecule has 0 saturated heterocycles. The molecule has 4 aromatic rings. The number of benzene rings is 3. The summed E-state index contributed by atoms with van der Waals surface area (Å²) < 4.78 is 72.4. The number of aryl methyl sites for hydroxylation is 1. The Morgan fingerprint density at radius 3 is 2.18 bits per heavy atom. The van der Waals surface area contributed by atoms with Crippen LogP contribution in [-0.2, 0) is 33.8 Å². The van der Waals surface area contributed by atoms with Crippen LogP contribution in [-0.4, -0.2) is 41.9 Å². The second kappa shape index (κ2) is 14.7. The Labute approximate surface area is 267 Å². The highest BCUT2D eigenvalue weighted by Crippen LogP contribution is 2.33. The third kappa shape index (κ3) is 11.0. The van der Waals surface area contributed by atoms with Crippen molar-refractivity contribution in [1.29, 1.82) is 0 Å². The molecule has 1 aromatic heterocycles. The largest absolute Gasteiger partial charge is 0.487 e. The molecule has 0 aliphatic carbocycles. The number of hydrogen-bond acceptors (Lipinski definition) is 10. The molecule has 0 aliphatic rings. The van der Waals surface area contributed by atoms with Crippen LogP contribution < -0.4 is 26.8 Å². The van der Waals surface area contributed by atoms with E-state index in [9.17, 15) is 17.1 Å². The molecule has 3 aromatic carbocycles. The Kier molecular flexibility index (Phi) is 11.5. The lowest BCUT2D eigenvalue weighted by atomic mass is 10.0. The van der Waals surface area contributed by atoms with Crippen molar-refractivity contribution in [3.05, 3.63) is 87.5 Å². The molecular formula is C26H25Cl2FN6O8S2. The van der Waals surface area contributed by atoms with Crippen molar-refractivity contribution in [2.24, 2.45) is 0 Å². The maximum atomic E-state index is 13.0. The van der Waals surface area contributed by atoms with Crippen molar-refractivity contribution >= 4 is 67.3 Å². The molecule has 0 aliphatic heterocycles. The van der Waals surface area contributed by atoms with E-state index in [-0.39, 0.29) is 24.9 Å². The SMILES string of the molecule is Cc1cc(OCc2nc(N)nc(N)c2-c2ccc(Cl)c(Cl)c2)ccc1CNC(=O)Nc1ccc(S(=O)(=O)F)cc1.O=S(=O)(O)O. The molecule has 0 saturated carbocycles. The number of carbonyl (C=O) groups excluding carboxylic acids is 1. The van der Waals surface area contributed by atoms with Crippen molar-refractivity contribution in [2.75, 3.05) is 16.8 Å². The first-order valence-corrected chi connectivity index (χ1v) is 15.8. The number of nitrogens with two attached hydrogens (primary N) is 2. The predicted octanol–water partition coefficient (Wildman–Crippen LogP) is 4.83. The second-order valence-electron chi connectivity index (χ2n) is 9.01. The van der Waals surface area contributed by atoms with Crippen LogP contribution in [0, 0.1) is 6.92 Å². The molecule has 0 spiro atoms. The van der Waals surface area contributed by atoms with E-state index in [0.717, 1.165) is 23.3 Å². The number of nitrogens with zero attached hydrogens (tertiary/aromatic N) is 2. The van der Waals surface area contributed by atoms with E-state index in [2.05, 4.69) is 20.6 Å². The van der Waals surface area contributed by atoms with Crippen molar-refractivity contribution in [3.8, 4) is 16.9 Å². The van der Waals surface area contributed by atoms with E-state index >= 15 is 0 Å². The first kappa shape index (κ1) is 35.2. The predicted molar refractivity (Wildman–Crippen MR) is 167 cm³/mol. The monoisotopic (exact) mass is 702 g/mol. The normalized spacial score (nSPS) is 11.2. The van der Waals surface area contributed by atoms with Gasteiger partial charge in [0.25, 0.3) is 0 Å². The van der Waals surface area contributed by atoms with Crippen LogP contribution in [0.25, 0.3) is 11.1 Å².